The molecule has 1 saturated carbocycles. The van der Waals surface area contributed by atoms with E-state index < -0.39 is 0 Å². The zero-order valence-electron chi connectivity index (χ0n) is 22.2. The van der Waals surface area contributed by atoms with Crippen LogP contribution >= 0.6 is 0 Å². The van der Waals surface area contributed by atoms with Gasteiger partial charge in [-0.3, -0.25) is 0 Å². The van der Waals surface area contributed by atoms with E-state index in [1.807, 2.05) is 30.5 Å². The van der Waals surface area contributed by atoms with E-state index in [2.05, 4.69) is 64.0 Å². The molecule has 0 N–H and O–H groups in total. The maximum atomic E-state index is 8.96. The fraction of sp³-hybridized carbons (Fsp3) is 0.500. The predicted octanol–water partition coefficient (Wildman–Crippen LogP) is 6.37. The van der Waals surface area contributed by atoms with Crippen LogP contribution in [0.25, 0.3) is 0 Å². The van der Waals surface area contributed by atoms with E-state index in [0.717, 1.165) is 50.1 Å². The minimum Gasteiger partial charge on any atom is -0.494 e. The maximum Gasteiger partial charge on any atom is 0.119 e. The second-order valence-electron chi connectivity index (χ2n) is 10.9. The molecule has 5 rings (SSSR count). The first-order valence-electron chi connectivity index (χ1n) is 14.1. The summed E-state index contributed by atoms with van der Waals surface area (Å²) < 4.78 is 8.34. The minimum atomic E-state index is 0.161. The molecule has 2 fully saturated rings. The highest BCUT2D eigenvalue weighted by Crippen LogP contribution is 2.51. The Labute approximate surface area is 222 Å². The van der Waals surface area contributed by atoms with Crippen LogP contribution in [0.5, 0.6) is 5.75 Å². The van der Waals surface area contributed by atoms with Crippen molar-refractivity contribution in [2.45, 2.75) is 63.8 Å². The molecule has 2 aromatic carbocycles. The van der Waals surface area contributed by atoms with Gasteiger partial charge in [-0.15, -0.1) is 0 Å². The first-order valence-corrected chi connectivity index (χ1v) is 14.1. The van der Waals surface area contributed by atoms with E-state index in [0.29, 0.717) is 18.1 Å². The van der Waals surface area contributed by atoms with Crippen LogP contribution < -0.4 is 4.74 Å². The van der Waals surface area contributed by atoms with E-state index in [1.54, 1.807) is 0 Å². The summed E-state index contributed by atoms with van der Waals surface area (Å²) in [6.07, 6.45) is 13.1. The van der Waals surface area contributed by atoms with E-state index in [4.69, 9.17) is 10.00 Å². The van der Waals surface area contributed by atoms with Gasteiger partial charge in [-0.2, -0.15) is 5.26 Å². The molecule has 0 radical (unpaired) electrons. The lowest BCUT2D eigenvalue weighted by Crippen LogP contribution is -2.50. The topological polar surface area (TPSA) is 54.1 Å². The fourth-order valence-electron chi connectivity index (χ4n) is 6.97. The second kappa shape index (κ2) is 12.0. The summed E-state index contributed by atoms with van der Waals surface area (Å²) in [7, 11) is 0. The lowest BCUT2D eigenvalue weighted by atomic mass is 9.59. The maximum absolute atomic E-state index is 8.96. The van der Waals surface area contributed by atoms with Gasteiger partial charge in [-0.1, -0.05) is 43.2 Å². The summed E-state index contributed by atoms with van der Waals surface area (Å²) in [6.45, 7) is 7.29. The zero-order chi connectivity index (χ0) is 25.5. The number of aromatic nitrogens is 2. The highest BCUT2D eigenvalue weighted by molar-refractivity contribution is 5.34. The number of likely N-dealkylation sites (tertiary alicyclic amines) is 1. The van der Waals surface area contributed by atoms with Gasteiger partial charge < -0.3 is 14.2 Å². The molecule has 5 nitrogen and oxygen atoms in total. The zero-order valence-corrected chi connectivity index (χ0v) is 22.2. The van der Waals surface area contributed by atoms with E-state index in [-0.39, 0.29) is 5.41 Å². The van der Waals surface area contributed by atoms with Gasteiger partial charge in [0, 0.05) is 30.9 Å². The molecule has 1 atom stereocenters. The number of nitriles is 1. The van der Waals surface area contributed by atoms with Crippen molar-refractivity contribution in [3.63, 3.8) is 0 Å². The molecule has 1 unspecified atom stereocenters. The van der Waals surface area contributed by atoms with Crippen LogP contribution in [0.1, 0.15) is 61.9 Å². The van der Waals surface area contributed by atoms with Crippen molar-refractivity contribution in [3.05, 3.63) is 83.9 Å². The van der Waals surface area contributed by atoms with Gasteiger partial charge in [-0.25, -0.2) is 4.98 Å². The lowest BCUT2D eigenvalue weighted by Gasteiger charge is -2.49. The molecule has 194 valence electrons. The van der Waals surface area contributed by atoms with E-state index >= 15 is 0 Å². The van der Waals surface area contributed by atoms with Gasteiger partial charge in [0.05, 0.1) is 18.2 Å². The molecule has 37 heavy (non-hydrogen) atoms. The Kier molecular flexibility index (Phi) is 8.26. The largest absolute Gasteiger partial charge is 0.494 e. The third-order valence-electron chi connectivity index (χ3n) is 8.94. The molecule has 0 bridgehead atoms. The Morgan fingerprint density at radius 2 is 1.68 bits per heavy atom. The van der Waals surface area contributed by atoms with Crippen LogP contribution in [0.4, 0.5) is 0 Å². The second-order valence-corrected chi connectivity index (χ2v) is 10.9. The summed E-state index contributed by atoms with van der Waals surface area (Å²) >= 11 is 0. The van der Waals surface area contributed by atoms with Crippen LogP contribution in [-0.4, -0.2) is 40.7 Å². The Bertz CT molecular complexity index is 1150. The number of hydrogen-bond acceptors (Lipinski definition) is 4. The molecule has 2 heterocycles. The summed E-state index contributed by atoms with van der Waals surface area (Å²) in [4.78, 5) is 7.21. The van der Waals surface area contributed by atoms with Crippen molar-refractivity contribution < 1.29 is 4.74 Å². The highest BCUT2D eigenvalue weighted by Gasteiger charge is 2.48. The van der Waals surface area contributed by atoms with Gasteiger partial charge in [0.15, 0.2) is 0 Å². The number of nitrogens with zero attached hydrogens (tertiary/aromatic N) is 4. The Morgan fingerprint density at radius 3 is 2.32 bits per heavy atom. The number of aryl methyl sites for hydroxylation is 1. The molecule has 1 aliphatic heterocycles. The van der Waals surface area contributed by atoms with Crippen molar-refractivity contribution in [1.82, 2.24) is 14.5 Å². The number of rotatable bonds is 10. The summed E-state index contributed by atoms with van der Waals surface area (Å²) in [6, 6.07) is 21.0. The number of hydrogen-bond donors (Lipinski definition) is 0. The first kappa shape index (κ1) is 25.5. The molecule has 1 aliphatic carbocycles. The van der Waals surface area contributed by atoms with Crippen molar-refractivity contribution >= 4 is 0 Å². The van der Waals surface area contributed by atoms with E-state index in [9.17, 15) is 0 Å². The summed E-state index contributed by atoms with van der Waals surface area (Å²) in [5.74, 6) is 3.37. The van der Waals surface area contributed by atoms with Gasteiger partial charge in [0.1, 0.15) is 11.6 Å². The Hall–Kier alpha value is -3.10. The molecule has 0 spiro atoms. The molecular formula is C32H40N4O. The number of piperidine rings is 1. The normalized spacial score (nSPS) is 18.9. The van der Waals surface area contributed by atoms with Gasteiger partial charge in [-0.05, 0) is 93.8 Å². The van der Waals surface area contributed by atoms with Crippen LogP contribution in [0.3, 0.4) is 0 Å². The highest BCUT2D eigenvalue weighted by atomic mass is 16.5. The van der Waals surface area contributed by atoms with Crippen LogP contribution in [-0.2, 0) is 12.0 Å². The number of imidazole rings is 1. The molecule has 2 aliphatic rings. The number of ether oxygens (including phenoxy) is 1. The van der Waals surface area contributed by atoms with Gasteiger partial charge in [0.2, 0.25) is 0 Å². The standard InChI is InChI=1S/C32H40N4O/c1-26-34-18-22-36(26)25-32(29-10-5-6-11-29,28-8-3-2-4-9-28)30-16-20-35(21-17-30)19-7-23-37-31-14-12-27(24-33)13-15-31/h2-4,8-9,12-15,18,22,29-30H,5-7,10-11,16-17,19-21,23,25H2,1H3. The molecule has 5 heteroatoms. The minimum absolute atomic E-state index is 0.161. The molecule has 0 amide bonds. The third-order valence-corrected chi connectivity index (χ3v) is 8.94. The molecule has 1 saturated heterocycles. The summed E-state index contributed by atoms with van der Waals surface area (Å²) in [5.41, 5.74) is 2.36. The van der Waals surface area contributed by atoms with Crippen LogP contribution in [0.15, 0.2) is 67.0 Å². The SMILES string of the molecule is Cc1nccn1CC(c1ccccc1)(C1CCCC1)C1CCN(CCCOc2ccc(C#N)cc2)CC1. The van der Waals surface area contributed by atoms with Gasteiger partial charge >= 0.3 is 0 Å². The third kappa shape index (κ3) is 5.75. The van der Waals surface area contributed by atoms with Crippen molar-refractivity contribution in [2.24, 2.45) is 11.8 Å². The Balaban J connectivity index is 1.25. The smallest absolute Gasteiger partial charge is 0.119 e. The summed E-state index contributed by atoms with van der Waals surface area (Å²) in [5, 5.41) is 8.96. The Morgan fingerprint density at radius 1 is 0.973 bits per heavy atom. The fourth-order valence-corrected chi connectivity index (χ4v) is 6.97. The number of benzene rings is 2. The average Bonchev–Trinajstić information content (AvgIpc) is 3.63. The van der Waals surface area contributed by atoms with Crippen molar-refractivity contribution in [1.29, 1.82) is 5.26 Å². The average molecular weight is 497 g/mol. The first-order chi connectivity index (χ1) is 18.2. The molecule has 1 aromatic heterocycles. The van der Waals surface area contributed by atoms with E-state index in [1.165, 1.54) is 44.1 Å². The molecule has 3 aromatic rings. The van der Waals surface area contributed by atoms with Gasteiger partial charge in [0.25, 0.3) is 0 Å². The predicted molar refractivity (Wildman–Crippen MR) is 147 cm³/mol. The molecular weight excluding hydrogens is 456 g/mol. The van der Waals surface area contributed by atoms with Crippen molar-refractivity contribution in [3.8, 4) is 11.8 Å². The quantitative estimate of drug-likeness (QED) is 0.306. The van der Waals surface area contributed by atoms with Crippen LogP contribution in [0, 0.1) is 30.1 Å². The monoisotopic (exact) mass is 496 g/mol. The van der Waals surface area contributed by atoms with Crippen LogP contribution in [0.2, 0.25) is 0 Å². The van der Waals surface area contributed by atoms with Crippen molar-refractivity contribution in [2.75, 3.05) is 26.2 Å². The lowest BCUT2D eigenvalue weighted by molar-refractivity contribution is 0.0706.